The first-order valence-corrected chi connectivity index (χ1v) is 6.15. The van der Waals surface area contributed by atoms with Gasteiger partial charge in [0.05, 0.1) is 17.5 Å². The fraction of sp³-hybridized carbons (Fsp3) is 0.455. The number of nitrogens with zero attached hydrogens (tertiary/aromatic N) is 2. The molecule has 2 aromatic rings. The van der Waals surface area contributed by atoms with E-state index in [2.05, 4.69) is 15.3 Å². The Labute approximate surface area is 104 Å². The summed E-state index contributed by atoms with van der Waals surface area (Å²) in [6.45, 7) is 5.83. The Morgan fingerprint density at radius 3 is 2.82 bits per heavy atom. The second kappa shape index (κ2) is 4.12. The fourth-order valence-corrected chi connectivity index (χ4v) is 2.40. The van der Waals surface area contributed by atoms with E-state index in [1.54, 1.807) is 11.3 Å². The van der Waals surface area contributed by atoms with Crippen LogP contribution in [0.2, 0.25) is 0 Å². The van der Waals surface area contributed by atoms with Crippen molar-refractivity contribution in [2.45, 2.75) is 26.3 Å². The lowest BCUT2D eigenvalue weighted by Gasteiger charge is -2.24. The SMILES string of the molecule is Cc1cc2c(NC(C)(C)CO)nc(N)nc2s1. The molecule has 4 N–H and O–H groups in total. The lowest BCUT2D eigenvalue weighted by atomic mass is 10.1. The molecule has 0 saturated heterocycles. The number of aromatic nitrogens is 2. The summed E-state index contributed by atoms with van der Waals surface area (Å²) in [5.41, 5.74) is 5.24. The molecule has 0 aliphatic rings. The molecule has 0 aliphatic carbocycles. The van der Waals surface area contributed by atoms with Crippen LogP contribution in [-0.2, 0) is 0 Å². The molecule has 0 atom stereocenters. The van der Waals surface area contributed by atoms with E-state index in [1.165, 1.54) is 0 Å². The van der Waals surface area contributed by atoms with Gasteiger partial charge in [-0.25, -0.2) is 4.98 Å². The van der Waals surface area contributed by atoms with Crippen LogP contribution in [0.5, 0.6) is 0 Å². The quantitative estimate of drug-likeness (QED) is 0.775. The summed E-state index contributed by atoms with van der Waals surface area (Å²) < 4.78 is 0. The van der Waals surface area contributed by atoms with Crippen molar-refractivity contribution in [2.75, 3.05) is 17.7 Å². The monoisotopic (exact) mass is 252 g/mol. The van der Waals surface area contributed by atoms with Crippen LogP contribution in [0, 0.1) is 6.92 Å². The molecular weight excluding hydrogens is 236 g/mol. The first-order chi connectivity index (χ1) is 7.91. The molecule has 0 unspecified atom stereocenters. The van der Waals surface area contributed by atoms with E-state index in [1.807, 2.05) is 26.8 Å². The fourth-order valence-electron chi connectivity index (χ4n) is 1.51. The number of nitrogen functional groups attached to an aromatic ring is 1. The highest BCUT2D eigenvalue weighted by atomic mass is 32.1. The maximum Gasteiger partial charge on any atom is 0.223 e. The zero-order valence-corrected chi connectivity index (χ0v) is 10.9. The molecule has 17 heavy (non-hydrogen) atoms. The van der Waals surface area contributed by atoms with E-state index in [0.717, 1.165) is 15.1 Å². The van der Waals surface area contributed by atoms with E-state index in [9.17, 15) is 5.11 Å². The van der Waals surface area contributed by atoms with Gasteiger partial charge in [0.1, 0.15) is 10.6 Å². The van der Waals surface area contributed by atoms with Crippen LogP contribution >= 0.6 is 11.3 Å². The van der Waals surface area contributed by atoms with Crippen molar-refractivity contribution < 1.29 is 5.11 Å². The van der Waals surface area contributed by atoms with Gasteiger partial charge in [-0.2, -0.15) is 4.98 Å². The zero-order valence-electron chi connectivity index (χ0n) is 10.1. The zero-order chi connectivity index (χ0) is 12.6. The minimum absolute atomic E-state index is 0.0154. The number of aliphatic hydroxyl groups is 1. The third-order valence-electron chi connectivity index (χ3n) is 2.39. The van der Waals surface area contributed by atoms with Gasteiger partial charge in [0.2, 0.25) is 5.95 Å². The van der Waals surface area contributed by atoms with Crippen LogP contribution in [0.4, 0.5) is 11.8 Å². The van der Waals surface area contributed by atoms with Crippen molar-refractivity contribution in [3.05, 3.63) is 10.9 Å². The standard InChI is InChI=1S/C11H16N4OS/c1-6-4-7-8(15-11(2,3)5-16)13-10(12)14-9(7)17-6/h4,16H,5H2,1-3H3,(H3,12,13,14,15). The van der Waals surface area contributed by atoms with Gasteiger partial charge in [-0.05, 0) is 26.8 Å². The molecule has 0 radical (unpaired) electrons. The van der Waals surface area contributed by atoms with Gasteiger partial charge in [0.25, 0.3) is 0 Å². The maximum absolute atomic E-state index is 9.27. The molecular formula is C11H16N4OS. The highest BCUT2D eigenvalue weighted by Gasteiger charge is 2.19. The van der Waals surface area contributed by atoms with Crippen LogP contribution in [0.25, 0.3) is 10.2 Å². The second-order valence-corrected chi connectivity index (χ2v) is 5.91. The van der Waals surface area contributed by atoms with Crippen molar-refractivity contribution in [1.82, 2.24) is 9.97 Å². The molecule has 6 heteroatoms. The number of aliphatic hydroxyl groups excluding tert-OH is 1. The molecule has 92 valence electrons. The summed E-state index contributed by atoms with van der Waals surface area (Å²) in [4.78, 5) is 10.4. The number of rotatable bonds is 3. The van der Waals surface area contributed by atoms with Gasteiger partial charge < -0.3 is 16.2 Å². The summed E-state index contributed by atoms with van der Waals surface area (Å²) >= 11 is 1.58. The van der Waals surface area contributed by atoms with Crippen molar-refractivity contribution in [3.8, 4) is 0 Å². The average Bonchev–Trinajstić information content (AvgIpc) is 2.58. The normalized spacial score (nSPS) is 12.0. The number of nitrogens with two attached hydrogens (primary N) is 1. The number of thiophene rings is 1. The minimum Gasteiger partial charge on any atom is -0.394 e. The third kappa shape index (κ3) is 2.48. The number of aryl methyl sites for hydroxylation is 1. The van der Waals surface area contributed by atoms with Gasteiger partial charge in [0, 0.05) is 4.88 Å². The number of hydrogen-bond donors (Lipinski definition) is 3. The van der Waals surface area contributed by atoms with Gasteiger partial charge in [0.15, 0.2) is 0 Å². The second-order valence-electron chi connectivity index (χ2n) is 4.67. The van der Waals surface area contributed by atoms with Gasteiger partial charge >= 0.3 is 0 Å². The molecule has 0 aromatic carbocycles. The van der Waals surface area contributed by atoms with Crippen molar-refractivity contribution >= 4 is 33.3 Å². The summed E-state index contributed by atoms with van der Waals surface area (Å²) in [5.74, 6) is 0.923. The predicted octanol–water partition coefficient (Wildman–Crippen LogP) is 1.76. The van der Waals surface area contributed by atoms with Crippen molar-refractivity contribution in [1.29, 1.82) is 0 Å². The van der Waals surface area contributed by atoms with E-state index in [0.29, 0.717) is 5.82 Å². The third-order valence-corrected chi connectivity index (χ3v) is 3.33. The topological polar surface area (TPSA) is 84.1 Å². The molecule has 0 bridgehead atoms. The molecule has 2 rings (SSSR count). The first-order valence-electron chi connectivity index (χ1n) is 5.34. The van der Waals surface area contributed by atoms with E-state index < -0.39 is 5.54 Å². The highest BCUT2D eigenvalue weighted by molar-refractivity contribution is 7.18. The molecule has 2 heterocycles. The summed E-state index contributed by atoms with van der Waals surface area (Å²) in [7, 11) is 0. The molecule has 0 saturated carbocycles. The van der Waals surface area contributed by atoms with Gasteiger partial charge in [-0.3, -0.25) is 0 Å². The molecule has 0 fully saturated rings. The Hall–Kier alpha value is -1.40. The van der Waals surface area contributed by atoms with Crippen LogP contribution in [0.3, 0.4) is 0 Å². The summed E-state index contributed by atoms with van der Waals surface area (Å²) in [6, 6.07) is 2.02. The van der Waals surface area contributed by atoms with Crippen LogP contribution < -0.4 is 11.1 Å². The smallest absolute Gasteiger partial charge is 0.223 e. The Morgan fingerprint density at radius 2 is 2.18 bits per heavy atom. The van der Waals surface area contributed by atoms with Crippen LogP contribution in [0.1, 0.15) is 18.7 Å². The molecule has 0 spiro atoms. The maximum atomic E-state index is 9.27. The lowest BCUT2D eigenvalue weighted by Crippen LogP contribution is -2.35. The van der Waals surface area contributed by atoms with Gasteiger partial charge in [-0.1, -0.05) is 0 Å². The minimum atomic E-state index is -0.441. The molecule has 0 aliphatic heterocycles. The number of anilines is 2. The van der Waals surface area contributed by atoms with Crippen molar-refractivity contribution in [3.63, 3.8) is 0 Å². The Bertz CT molecular complexity index is 550. The summed E-state index contributed by atoms with van der Waals surface area (Å²) in [6.07, 6.45) is 0. The van der Waals surface area contributed by atoms with E-state index in [4.69, 9.17) is 5.73 Å². The Morgan fingerprint density at radius 1 is 1.47 bits per heavy atom. The Balaban J connectivity index is 2.52. The molecule has 5 nitrogen and oxygen atoms in total. The van der Waals surface area contributed by atoms with Crippen molar-refractivity contribution in [2.24, 2.45) is 0 Å². The average molecular weight is 252 g/mol. The highest BCUT2D eigenvalue weighted by Crippen LogP contribution is 2.30. The van der Waals surface area contributed by atoms with Crippen LogP contribution in [0.15, 0.2) is 6.07 Å². The Kier molecular flexibility index (Phi) is 2.92. The first kappa shape index (κ1) is 12.1. The number of hydrogen-bond acceptors (Lipinski definition) is 6. The van der Waals surface area contributed by atoms with E-state index >= 15 is 0 Å². The summed E-state index contributed by atoms with van der Waals surface area (Å²) in [5, 5.41) is 13.4. The molecule has 2 aromatic heterocycles. The largest absolute Gasteiger partial charge is 0.394 e. The van der Waals surface area contributed by atoms with Gasteiger partial charge in [-0.15, -0.1) is 11.3 Å². The number of fused-ring (bicyclic) bond motifs is 1. The lowest BCUT2D eigenvalue weighted by molar-refractivity contribution is 0.234. The van der Waals surface area contributed by atoms with Crippen LogP contribution in [-0.4, -0.2) is 27.2 Å². The van der Waals surface area contributed by atoms with E-state index in [-0.39, 0.29) is 12.6 Å². The number of nitrogens with one attached hydrogen (secondary N) is 1. The molecule has 0 amide bonds. The predicted molar refractivity (Wildman–Crippen MR) is 71.4 cm³/mol.